The van der Waals surface area contributed by atoms with Crippen molar-refractivity contribution in [1.29, 1.82) is 0 Å². The Morgan fingerprint density at radius 3 is 2.39 bits per heavy atom. The average molecular weight is 249 g/mol. The Hall–Kier alpha value is -1.02. The summed E-state index contributed by atoms with van der Waals surface area (Å²) in [5, 5.41) is 3.56. The number of ether oxygens (including phenoxy) is 1. The normalized spacial score (nSPS) is 13.1. The topological polar surface area (TPSA) is 21.3 Å². The third-order valence-corrected chi connectivity index (χ3v) is 3.24. The van der Waals surface area contributed by atoms with Gasteiger partial charge in [-0.2, -0.15) is 0 Å². The van der Waals surface area contributed by atoms with E-state index in [4.69, 9.17) is 4.74 Å². The fraction of sp³-hybridized carbons (Fsp3) is 0.625. The van der Waals surface area contributed by atoms with E-state index in [2.05, 4.69) is 51.2 Å². The van der Waals surface area contributed by atoms with Crippen molar-refractivity contribution in [2.45, 2.75) is 33.6 Å². The van der Waals surface area contributed by atoms with Crippen molar-refractivity contribution in [2.24, 2.45) is 11.8 Å². The average Bonchev–Trinajstić information content (AvgIpc) is 2.34. The highest BCUT2D eigenvalue weighted by atomic mass is 16.5. The van der Waals surface area contributed by atoms with Gasteiger partial charge in [0.2, 0.25) is 0 Å². The van der Waals surface area contributed by atoms with Gasteiger partial charge in [-0.05, 0) is 42.0 Å². The summed E-state index contributed by atoms with van der Waals surface area (Å²) in [6, 6.07) is 8.43. The van der Waals surface area contributed by atoms with Gasteiger partial charge in [-0.25, -0.2) is 0 Å². The summed E-state index contributed by atoms with van der Waals surface area (Å²) >= 11 is 0. The minimum Gasteiger partial charge on any atom is -0.497 e. The van der Waals surface area contributed by atoms with Crippen LogP contribution < -0.4 is 10.1 Å². The maximum absolute atomic E-state index is 5.31. The lowest BCUT2D eigenvalue weighted by atomic mass is 9.88. The zero-order valence-electron chi connectivity index (χ0n) is 12.4. The highest BCUT2D eigenvalue weighted by Crippen LogP contribution is 2.26. The number of rotatable bonds is 7. The molecule has 1 rings (SSSR count). The first-order valence-electron chi connectivity index (χ1n) is 6.89. The minimum absolute atomic E-state index is 0.541. The van der Waals surface area contributed by atoms with Crippen LogP contribution in [0.1, 0.15) is 39.2 Å². The predicted molar refractivity (Wildman–Crippen MR) is 78.3 cm³/mol. The van der Waals surface area contributed by atoms with Crippen molar-refractivity contribution in [1.82, 2.24) is 5.32 Å². The van der Waals surface area contributed by atoms with E-state index >= 15 is 0 Å². The summed E-state index contributed by atoms with van der Waals surface area (Å²) in [7, 11) is 1.72. The molecule has 2 nitrogen and oxygen atoms in total. The largest absolute Gasteiger partial charge is 0.497 e. The number of methoxy groups -OCH3 is 1. The smallest absolute Gasteiger partial charge is 0.119 e. The lowest BCUT2D eigenvalue weighted by Crippen LogP contribution is -2.27. The van der Waals surface area contributed by atoms with Gasteiger partial charge in [0.1, 0.15) is 5.75 Å². The minimum atomic E-state index is 0.541. The number of benzene rings is 1. The Labute approximate surface area is 112 Å². The van der Waals surface area contributed by atoms with Crippen LogP contribution in [-0.2, 0) is 0 Å². The molecule has 1 atom stereocenters. The van der Waals surface area contributed by atoms with Crippen molar-refractivity contribution in [3.8, 4) is 5.75 Å². The Morgan fingerprint density at radius 1 is 1.11 bits per heavy atom. The van der Waals surface area contributed by atoms with Gasteiger partial charge >= 0.3 is 0 Å². The maximum atomic E-state index is 5.31. The van der Waals surface area contributed by atoms with Crippen LogP contribution in [0, 0.1) is 11.8 Å². The van der Waals surface area contributed by atoms with Gasteiger partial charge in [0, 0.05) is 6.54 Å². The van der Waals surface area contributed by atoms with E-state index in [1.807, 2.05) is 6.07 Å². The van der Waals surface area contributed by atoms with Crippen molar-refractivity contribution in [2.75, 3.05) is 20.2 Å². The van der Waals surface area contributed by atoms with Gasteiger partial charge in [-0.3, -0.25) is 0 Å². The molecule has 0 aliphatic heterocycles. The zero-order valence-corrected chi connectivity index (χ0v) is 12.4. The van der Waals surface area contributed by atoms with E-state index in [0.29, 0.717) is 17.8 Å². The van der Waals surface area contributed by atoms with E-state index in [1.54, 1.807) is 7.11 Å². The standard InChI is InChI=1S/C16H27NO/c1-12(2)10-17-11-16(13(3)4)14-7-6-8-15(9-14)18-5/h6-9,12-13,16-17H,10-11H2,1-5H3. The molecule has 102 valence electrons. The Bertz CT molecular complexity index is 347. The van der Waals surface area contributed by atoms with E-state index in [-0.39, 0.29) is 0 Å². The summed E-state index contributed by atoms with van der Waals surface area (Å²) in [6.45, 7) is 11.1. The molecule has 0 saturated heterocycles. The van der Waals surface area contributed by atoms with E-state index in [1.165, 1.54) is 5.56 Å². The Morgan fingerprint density at radius 2 is 1.83 bits per heavy atom. The molecule has 0 radical (unpaired) electrons. The summed E-state index contributed by atoms with van der Waals surface area (Å²) in [6.07, 6.45) is 0. The van der Waals surface area contributed by atoms with Gasteiger partial charge in [-0.1, -0.05) is 39.8 Å². The molecule has 0 amide bonds. The van der Waals surface area contributed by atoms with Crippen LogP contribution in [0.25, 0.3) is 0 Å². The molecule has 0 aliphatic carbocycles. The van der Waals surface area contributed by atoms with E-state index in [0.717, 1.165) is 18.8 Å². The summed E-state index contributed by atoms with van der Waals surface area (Å²) in [5.41, 5.74) is 1.36. The zero-order chi connectivity index (χ0) is 13.5. The molecular formula is C16H27NO. The van der Waals surface area contributed by atoms with Crippen LogP contribution in [-0.4, -0.2) is 20.2 Å². The highest BCUT2D eigenvalue weighted by molar-refractivity contribution is 5.31. The third-order valence-electron chi connectivity index (χ3n) is 3.24. The molecule has 0 aliphatic rings. The molecule has 0 saturated carbocycles. The Kier molecular flexibility index (Phi) is 6.20. The first-order chi connectivity index (χ1) is 8.54. The first-order valence-corrected chi connectivity index (χ1v) is 6.89. The molecule has 1 N–H and O–H groups in total. The summed E-state index contributed by atoms with van der Waals surface area (Å²) in [5.74, 6) is 2.81. The van der Waals surface area contributed by atoms with E-state index < -0.39 is 0 Å². The lowest BCUT2D eigenvalue weighted by Gasteiger charge is -2.23. The maximum Gasteiger partial charge on any atom is 0.119 e. The molecular weight excluding hydrogens is 222 g/mol. The molecule has 2 heteroatoms. The van der Waals surface area contributed by atoms with Crippen molar-refractivity contribution >= 4 is 0 Å². The van der Waals surface area contributed by atoms with Crippen molar-refractivity contribution < 1.29 is 4.74 Å². The number of nitrogens with one attached hydrogen (secondary N) is 1. The second kappa shape index (κ2) is 7.42. The number of hydrogen-bond donors (Lipinski definition) is 1. The molecule has 0 fully saturated rings. The quantitative estimate of drug-likeness (QED) is 0.796. The molecule has 0 spiro atoms. The van der Waals surface area contributed by atoms with Gasteiger partial charge in [0.15, 0.2) is 0 Å². The van der Waals surface area contributed by atoms with Crippen molar-refractivity contribution in [3.05, 3.63) is 29.8 Å². The van der Waals surface area contributed by atoms with Gasteiger partial charge in [0.25, 0.3) is 0 Å². The van der Waals surface area contributed by atoms with E-state index in [9.17, 15) is 0 Å². The molecule has 0 heterocycles. The van der Waals surface area contributed by atoms with Crippen LogP contribution in [0.4, 0.5) is 0 Å². The second-order valence-corrected chi connectivity index (χ2v) is 5.68. The van der Waals surface area contributed by atoms with Gasteiger partial charge < -0.3 is 10.1 Å². The second-order valence-electron chi connectivity index (χ2n) is 5.68. The SMILES string of the molecule is COc1cccc(C(CNCC(C)C)C(C)C)c1. The van der Waals surface area contributed by atoms with Gasteiger partial charge in [-0.15, -0.1) is 0 Å². The highest BCUT2D eigenvalue weighted by Gasteiger charge is 2.16. The number of hydrogen-bond acceptors (Lipinski definition) is 2. The van der Waals surface area contributed by atoms with Crippen LogP contribution in [0.5, 0.6) is 5.75 Å². The van der Waals surface area contributed by atoms with Crippen LogP contribution >= 0.6 is 0 Å². The first kappa shape index (κ1) is 15.0. The molecule has 1 unspecified atom stereocenters. The molecule has 18 heavy (non-hydrogen) atoms. The summed E-state index contributed by atoms with van der Waals surface area (Å²) < 4.78 is 5.31. The fourth-order valence-corrected chi connectivity index (χ4v) is 2.14. The Balaban J connectivity index is 2.71. The fourth-order valence-electron chi connectivity index (χ4n) is 2.14. The predicted octanol–water partition coefficient (Wildman–Crippen LogP) is 3.68. The summed E-state index contributed by atoms with van der Waals surface area (Å²) in [4.78, 5) is 0. The molecule has 0 bridgehead atoms. The van der Waals surface area contributed by atoms with Crippen LogP contribution in [0.3, 0.4) is 0 Å². The van der Waals surface area contributed by atoms with Crippen LogP contribution in [0.2, 0.25) is 0 Å². The van der Waals surface area contributed by atoms with Crippen molar-refractivity contribution in [3.63, 3.8) is 0 Å². The molecule has 0 aromatic heterocycles. The monoisotopic (exact) mass is 249 g/mol. The molecule has 1 aromatic rings. The third kappa shape index (κ3) is 4.69. The van der Waals surface area contributed by atoms with Gasteiger partial charge in [0.05, 0.1) is 7.11 Å². The lowest BCUT2D eigenvalue weighted by molar-refractivity contribution is 0.409. The molecule has 1 aromatic carbocycles. The van der Waals surface area contributed by atoms with Crippen LogP contribution in [0.15, 0.2) is 24.3 Å².